The molecule has 2 atom stereocenters. The lowest BCUT2D eigenvalue weighted by molar-refractivity contribution is 0.332. The van der Waals surface area contributed by atoms with Crippen LogP contribution in [0.3, 0.4) is 0 Å². The van der Waals surface area contributed by atoms with E-state index in [2.05, 4.69) is 21.4 Å². The Balaban J connectivity index is 1.93. The van der Waals surface area contributed by atoms with Crippen LogP contribution in [0.1, 0.15) is 31.4 Å². The number of thioether (sulfide) groups is 1. The van der Waals surface area contributed by atoms with Gasteiger partial charge in [0.1, 0.15) is 5.54 Å². The van der Waals surface area contributed by atoms with Crippen molar-refractivity contribution >= 4 is 11.8 Å². The SMILES string of the molecule is CNC1(C#N)CCCC1CCSc1nc(C)cc(=O)[nH]1. The highest BCUT2D eigenvalue weighted by atomic mass is 32.2. The molecule has 2 N–H and O–H groups in total. The summed E-state index contributed by atoms with van der Waals surface area (Å²) in [7, 11) is 1.87. The Morgan fingerprint density at radius 2 is 2.50 bits per heavy atom. The van der Waals surface area contributed by atoms with Gasteiger partial charge in [0.05, 0.1) is 6.07 Å². The van der Waals surface area contributed by atoms with Crippen LogP contribution in [-0.4, -0.2) is 28.3 Å². The van der Waals surface area contributed by atoms with Crippen molar-refractivity contribution in [2.75, 3.05) is 12.8 Å². The Labute approximate surface area is 123 Å². The number of hydrogen-bond acceptors (Lipinski definition) is 5. The number of nitrogens with zero attached hydrogens (tertiary/aromatic N) is 2. The van der Waals surface area contributed by atoms with Gasteiger partial charge in [0.2, 0.25) is 0 Å². The highest BCUT2D eigenvalue weighted by Crippen LogP contribution is 2.38. The van der Waals surface area contributed by atoms with E-state index in [1.165, 1.54) is 6.07 Å². The van der Waals surface area contributed by atoms with Crippen molar-refractivity contribution < 1.29 is 0 Å². The second-order valence-electron chi connectivity index (χ2n) is 5.25. The van der Waals surface area contributed by atoms with E-state index in [1.54, 1.807) is 11.8 Å². The molecule has 2 unspecified atom stereocenters. The van der Waals surface area contributed by atoms with E-state index < -0.39 is 0 Å². The van der Waals surface area contributed by atoms with Crippen LogP contribution in [0.15, 0.2) is 16.0 Å². The molecule has 1 aromatic heterocycles. The zero-order valence-corrected chi connectivity index (χ0v) is 12.7. The molecule has 5 nitrogen and oxygen atoms in total. The first-order valence-corrected chi connectivity index (χ1v) is 7.89. The van der Waals surface area contributed by atoms with Gasteiger partial charge in [-0.2, -0.15) is 5.26 Å². The minimum absolute atomic E-state index is 0.109. The summed E-state index contributed by atoms with van der Waals surface area (Å²) in [6, 6.07) is 3.94. The summed E-state index contributed by atoms with van der Waals surface area (Å²) in [6.45, 7) is 1.82. The summed E-state index contributed by atoms with van der Waals surface area (Å²) in [6.07, 6.45) is 4.07. The Morgan fingerprint density at radius 1 is 1.70 bits per heavy atom. The van der Waals surface area contributed by atoms with E-state index >= 15 is 0 Å². The molecule has 0 bridgehead atoms. The number of rotatable bonds is 5. The zero-order valence-electron chi connectivity index (χ0n) is 11.9. The number of nitrogens with one attached hydrogen (secondary N) is 2. The first-order chi connectivity index (χ1) is 9.59. The van der Waals surface area contributed by atoms with Crippen LogP contribution in [0.5, 0.6) is 0 Å². The maximum Gasteiger partial charge on any atom is 0.251 e. The number of aromatic nitrogens is 2. The standard InChI is InChI=1S/C14H20N4OS/c1-10-8-12(19)18-13(17-10)20-7-5-11-4-3-6-14(11,9-15)16-2/h8,11,16H,3-7H2,1-2H3,(H,17,18,19). The molecule has 0 aliphatic heterocycles. The molecule has 1 aromatic rings. The van der Waals surface area contributed by atoms with E-state index in [4.69, 9.17) is 0 Å². The maximum absolute atomic E-state index is 11.4. The molecular weight excluding hydrogens is 272 g/mol. The molecule has 0 radical (unpaired) electrons. The summed E-state index contributed by atoms with van der Waals surface area (Å²) in [5, 5.41) is 13.3. The number of nitriles is 1. The number of H-pyrrole nitrogens is 1. The monoisotopic (exact) mass is 292 g/mol. The summed E-state index contributed by atoms with van der Waals surface area (Å²) in [5.41, 5.74) is 0.259. The largest absolute Gasteiger partial charge is 0.302 e. The third kappa shape index (κ3) is 3.22. The maximum atomic E-state index is 11.4. The summed E-state index contributed by atoms with van der Waals surface area (Å²) in [5.74, 6) is 1.24. The molecule has 2 rings (SSSR count). The molecule has 20 heavy (non-hydrogen) atoms. The molecule has 1 saturated carbocycles. The third-order valence-corrected chi connectivity index (χ3v) is 4.93. The Morgan fingerprint density at radius 3 is 3.15 bits per heavy atom. The fraction of sp³-hybridized carbons (Fsp3) is 0.643. The van der Waals surface area contributed by atoms with Crippen LogP contribution in [-0.2, 0) is 0 Å². The molecular formula is C14H20N4OS. The topological polar surface area (TPSA) is 81.6 Å². The lowest BCUT2D eigenvalue weighted by atomic mass is 9.87. The Bertz CT molecular complexity index is 565. The van der Waals surface area contributed by atoms with Crippen LogP contribution < -0.4 is 10.9 Å². The van der Waals surface area contributed by atoms with Gasteiger partial charge in [-0.1, -0.05) is 18.2 Å². The van der Waals surface area contributed by atoms with E-state index in [-0.39, 0.29) is 11.1 Å². The molecule has 0 saturated heterocycles. The second kappa shape index (κ2) is 6.42. The van der Waals surface area contributed by atoms with Crippen LogP contribution in [0.4, 0.5) is 0 Å². The smallest absolute Gasteiger partial charge is 0.251 e. The fourth-order valence-electron chi connectivity index (χ4n) is 2.92. The predicted molar refractivity (Wildman–Crippen MR) is 79.7 cm³/mol. The molecule has 0 aromatic carbocycles. The van der Waals surface area contributed by atoms with Gasteiger partial charge in [-0.15, -0.1) is 0 Å². The third-order valence-electron chi connectivity index (χ3n) is 4.02. The van der Waals surface area contributed by atoms with Crippen molar-refractivity contribution in [3.8, 4) is 6.07 Å². The lowest BCUT2D eigenvalue weighted by Gasteiger charge is -2.28. The zero-order chi connectivity index (χ0) is 14.6. The summed E-state index contributed by atoms with van der Waals surface area (Å²) >= 11 is 1.55. The molecule has 108 valence electrons. The quantitative estimate of drug-likeness (QED) is 0.639. The van der Waals surface area contributed by atoms with Crippen LogP contribution in [0.2, 0.25) is 0 Å². The minimum Gasteiger partial charge on any atom is -0.302 e. The van der Waals surface area contributed by atoms with Crippen molar-refractivity contribution in [2.45, 2.75) is 43.3 Å². The Hall–Kier alpha value is -1.32. The van der Waals surface area contributed by atoms with Gasteiger partial charge in [0, 0.05) is 17.5 Å². The first kappa shape index (κ1) is 15.1. The molecule has 1 aliphatic rings. The van der Waals surface area contributed by atoms with Crippen LogP contribution in [0, 0.1) is 24.2 Å². The van der Waals surface area contributed by atoms with Gasteiger partial charge in [0.25, 0.3) is 5.56 Å². The van der Waals surface area contributed by atoms with Crippen molar-refractivity contribution in [2.24, 2.45) is 5.92 Å². The molecule has 0 amide bonds. The number of aryl methyl sites for hydroxylation is 1. The van der Waals surface area contributed by atoms with Gasteiger partial charge >= 0.3 is 0 Å². The predicted octanol–water partition coefficient (Wildman–Crippen LogP) is 1.84. The molecule has 6 heteroatoms. The van der Waals surface area contributed by atoms with E-state index in [0.717, 1.165) is 37.1 Å². The second-order valence-corrected chi connectivity index (χ2v) is 6.33. The minimum atomic E-state index is -0.367. The summed E-state index contributed by atoms with van der Waals surface area (Å²) < 4.78 is 0. The van der Waals surface area contributed by atoms with Crippen molar-refractivity contribution in [1.29, 1.82) is 5.26 Å². The van der Waals surface area contributed by atoms with Gasteiger partial charge in [-0.05, 0) is 39.2 Å². The normalized spacial score (nSPS) is 25.6. The van der Waals surface area contributed by atoms with E-state index in [0.29, 0.717) is 11.1 Å². The molecule has 0 spiro atoms. The van der Waals surface area contributed by atoms with Gasteiger partial charge in [-0.25, -0.2) is 4.98 Å². The average Bonchev–Trinajstić information content (AvgIpc) is 2.81. The van der Waals surface area contributed by atoms with Crippen molar-refractivity contribution in [1.82, 2.24) is 15.3 Å². The van der Waals surface area contributed by atoms with Crippen LogP contribution in [0.25, 0.3) is 0 Å². The van der Waals surface area contributed by atoms with Crippen LogP contribution >= 0.6 is 11.8 Å². The molecule has 1 fully saturated rings. The van der Waals surface area contributed by atoms with Gasteiger partial charge in [0.15, 0.2) is 5.16 Å². The highest BCUT2D eigenvalue weighted by molar-refractivity contribution is 7.99. The summed E-state index contributed by atoms with van der Waals surface area (Å²) in [4.78, 5) is 18.4. The number of hydrogen-bond donors (Lipinski definition) is 2. The first-order valence-electron chi connectivity index (χ1n) is 6.90. The molecule has 1 heterocycles. The van der Waals surface area contributed by atoms with E-state index in [1.807, 2.05) is 14.0 Å². The van der Waals surface area contributed by atoms with Gasteiger partial charge < -0.3 is 10.3 Å². The van der Waals surface area contributed by atoms with Crippen molar-refractivity contribution in [3.63, 3.8) is 0 Å². The van der Waals surface area contributed by atoms with Crippen molar-refractivity contribution in [3.05, 3.63) is 22.1 Å². The Kier molecular flexibility index (Phi) is 4.84. The van der Waals surface area contributed by atoms with Gasteiger partial charge in [-0.3, -0.25) is 4.79 Å². The molecule has 1 aliphatic carbocycles. The van der Waals surface area contributed by atoms with E-state index in [9.17, 15) is 10.1 Å². The lowest BCUT2D eigenvalue weighted by Crippen LogP contribution is -2.44. The average molecular weight is 292 g/mol. The highest BCUT2D eigenvalue weighted by Gasteiger charge is 2.41. The fourth-order valence-corrected chi connectivity index (χ4v) is 3.90. The number of aromatic amines is 1.